The molecule has 5 rings (SSSR count). The number of furan rings is 1. The van der Waals surface area contributed by atoms with E-state index in [1.807, 2.05) is 6.07 Å². The molecule has 0 unspecified atom stereocenters. The third kappa shape index (κ3) is 4.42. The number of halogens is 4. The number of rotatable bonds is 4. The van der Waals surface area contributed by atoms with Gasteiger partial charge in [0.1, 0.15) is 5.15 Å². The second kappa shape index (κ2) is 8.66. The molecule has 1 aliphatic rings. The van der Waals surface area contributed by atoms with E-state index in [-0.39, 0.29) is 35.5 Å². The fraction of sp³-hybridized carbons (Fsp3) is 0.174. The van der Waals surface area contributed by atoms with Crippen molar-refractivity contribution in [1.82, 2.24) is 19.6 Å². The Bertz CT molecular complexity index is 1400. The quantitative estimate of drug-likeness (QED) is 0.414. The molecule has 0 atom stereocenters. The first-order valence-corrected chi connectivity index (χ1v) is 10.8. The summed E-state index contributed by atoms with van der Waals surface area (Å²) in [5.74, 6) is -0.627. The zero-order valence-electron chi connectivity index (χ0n) is 17.8. The van der Waals surface area contributed by atoms with Crippen LogP contribution < -0.4 is 10.6 Å². The van der Waals surface area contributed by atoms with Gasteiger partial charge in [0.25, 0.3) is 5.91 Å². The molecular formula is C23H17ClF3N5O3. The Morgan fingerprint density at radius 3 is 2.51 bits per heavy atom. The summed E-state index contributed by atoms with van der Waals surface area (Å²) >= 11 is 6.33. The number of nitrogens with one attached hydrogen (secondary N) is 2. The number of alkyl halides is 3. The first-order chi connectivity index (χ1) is 16.7. The van der Waals surface area contributed by atoms with Crippen LogP contribution in [0.15, 0.2) is 65.6 Å². The van der Waals surface area contributed by atoms with Crippen LogP contribution in [0.25, 0.3) is 16.8 Å². The molecule has 4 heterocycles. The number of amides is 3. The average molecular weight is 504 g/mol. The minimum Gasteiger partial charge on any atom is -0.472 e. The second-order valence-electron chi connectivity index (χ2n) is 7.97. The van der Waals surface area contributed by atoms with E-state index in [2.05, 4.69) is 15.6 Å². The molecule has 1 fully saturated rings. The Kier molecular flexibility index (Phi) is 5.64. The fourth-order valence-electron chi connectivity index (χ4n) is 3.81. The first kappa shape index (κ1) is 22.8. The van der Waals surface area contributed by atoms with E-state index < -0.39 is 29.3 Å². The number of benzene rings is 1. The molecule has 8 nitrogen and oxygen atoms in total. The van der Waals surface area contributed by atoms with Gasteiger partial charge in [0.2, 0.25) is 0 Å². The van der Waals surface area contributed by atoms with E-state index in [4.69, 9.17) is 16.0 Å². The maximum Gasteiger partial charge on any atom is 0.420 e. The molecule has 180 valence electrons. The zero-order valence-corrected chi connectivity index (χ0v) is 18.6. The minimum absolute atomic E-state index is 0.164. The normalized spacial score (nSPS) is 14.1. The van der Waals surface area contributed by atoms with Crippen molar-refractivity contribution in [2.24, 2.45) is 0 Å². The van der Waals surface area contributed by atoms with Gasteiger partial charge < -0.3 is 20.0 Å². The predicted octanol–water partition coefficient (Wildman–Crippen LogP) is 4.91. The van der Waals surface area contributed by atoms with Crippen LogP contribution in [0.2, 0.25) is 5.15 Å². The minimum atomic E-state index is -4.73. The highest BCUT2D eigenvalue weighted by Gasteiger charge is 2.38. The van der Waals surface area contributed by atoms with Gasteiger partial charge in [-0.25, -0.2) is 9.78 Å². The number of hydrogen-bond donors (Lipinski definition) is 2. The summed E-state index contributed by atoms with van der Waals surface area (Å²) in [7, 11) is 0. The average Bonchev–Trinajstić information content (AvgIpc) is 3.44. The van der Waals surface area contributed by atoms with Crippen LogP contribution in [-0.2, 0) is 6.18 Å². The number of carbonyl (C=O) groups excluding carboxylic acids is 2. The number of pyridine rings is 1. The number of imidazole rings is 1. The van der Waals surface area contributed by atoms with Crippen molar-refractivity contribution in [1.29, 1.82) is 0 Å². The van der Waals surface area contributed by atoms with Crippen molar-refractivity contribution >= 4 is 34.9 Å². The van der Waals surface area contributed by atoms with Crippen LogP contribution in [-0.4, -0.2) is 45.4 Å². The van der Waals surface area contributed by atoms with Gasteiger partial charge >= 0.3 is 12.2 Å². The van der Waals surface area contributed by atoms with E-state index in [1.165, 1.54) is 29.7 Å². The molecule has 3 amide bonds. The molecule has 0 radical (unpaired) electrons. The number of hydrogen-bond acceptors (Lipinski definition) is 4. The van der Waals surface area contributed by atoms with E-state index >= 15 is 0 Å². The number of para-hydroxylation sites is 1. The highest BCUT2D eigenvalue weighted by molar-refractivity contribution is 6.33. The number of fused-ring (bicyclic) bond motifs is 1. The summed E-state index contributed by atoms with van der Waals surface area (Å²) in [6.45, 7) is 0.329. The van der Waals surface area contributed by atoms with Crippen LogP contribution in [0.5, 0.6) is 0 Å². The maximum absolute atomic E-state index is 13.8. The second-order valence-corrected chi connectivity index (χ2v) is 8.33. The van der Waals surface area contributed by atoms with Gasteiger partial charge in [-0.1, -0.05) is 29.8 Å². The highest BCUT2D eigenvalue weighted by atomic mass is 35.5. The largest absolute Gasteiger partial charge is 0.472 e. The molecule has 1 aliphatic heterocycles. The Hall–Kier alpha value is -3.99. The van der Waals surface area contributed by atoms with Crippen LogP contribution in [0.1, 0.15) is 16.1 Å². The van der Waals surface area contributed by atoms with E-state index in [9.17, 15) is 22.8 Å². The predicted molar refractivity (Wildman–Crippen MR) is 121 cm³/mol. The summed E-state index contributed by atoms with van der Waals surface area (Å²) in [4.78, 5) is 30.4. The first-order valence-electron chi connectivity index (χ1n) is 10.4. The number of carbonyl (C=O) groups is 2. The summed E-state index contributed by atoms with van der Waals surface area (Å²) in [5, 5.41) is 5.17. The number of likely N-dealkylation sites (tertiary alicyclic amines) is 1. The lowest BCUT2D eigenvalue weighted by molar-refractivity contribution is -0.136. The van der Waals surface area contributed by atoms with E-state index in [0.29, 0.717) is 11.3 Å². The Morgan fingerprint density at radius 2 is 1.86 bits per heavy atom. The number of anilines is 1. The monoisotopic (exact) mass is 503 g/mol. The van der Waals surface area contributed by atoms with Crippen LogP contribution in [0, 0.1) is 0 Å². The molecule has 2 N–H and O–H groups in total. The fourth-order valence-corrected chi connectivity index (χ4v) is 4.06. The number of nitrogens with zero attached hydrogens (tertiary/aromatic N) is 3. The van der Waals surface area contributed by atoms with Crippen molar-refractivity contribution in [2.45, 2.75) is 12.2 Å². The van der Waals surface area contributed by atoms with Crippen molar-refractivity contribution in [3.8, 4) is 11.1 Å². The molecule has 1 saturated heterocycles. The van der Waals surface area contributed by atoms with Crippen LogP contribution in [0.3, 0.4) is 0 Å². The zero-order chi connectivity index (χ0) is 24.7. The SMILES string of the molecule is O=C(Nc1ccccc1)NC1CN(C(=O)c2nc3c(C(F)(F)F)cc(-c4ccoc4)cn3c2Cl)C1. The van der Waals surface area contributed by atoms with E-state index in [0.717, 1.165) is 10.5 Å². The summed E-state index contributed by atoms with van der Waals surface area (Å²) in [6, 6.07) is 10.5. The van der Waals surface area contributed by atoms with Crippen LogP contribution >= 0.6 is 11.6 Å². The van der Waals surface area contributed by atoms with Gasteiger partial charge in [0.15, 0.2) is 11.3 Å². The van der Waals surface area contributed by atoms with Gasteiger partial charge in [0, 0.05) is 36.1 Å². The molecule has 0 saturated carbocycles. The number of aromatic nitrogens is 2. The Balaban J connectivity index is 1.34. The lowest BCUT2D eigenvalue weighted by Crippen LogP contribution is -2.61. The topological polar surface area (TPSA) is 91.9 Å². The molecule has 0 spiro atoms. The highest BCUT2D eigenvalue weighted by Crippen LogP contribution is 2.37. The summed E-state index contributed by atoms with van der Waals surface area (Å²) in [6.07, 6.45) is -0.713. The molecule has 3 aromatic heterocycles. The van der Waals surface area contributed by atoms with Crippen molar-refractivity contribution in [2.75, 3.05) is 18.4 Å². The Labute approximate surface area is 201 Å². The molecular weight excluding hydrogens is 487 g/mol. The van der Waals surface area contributed by atoms with Crippen molar-refractivity contribution in [3.63, 3.8) is 0 Å². The third-order valence-electron chi connectivity index (χ3n) is 5.56. The lowest BCUT2D eigenvalue weighted by Gasteiger charge is -2.39. The molecule has 0 aliphatic carbocycles. The molecule has 1 aromatic carbocycles. The van der Waals surface area contributed by atoms with Gasteiger partial charge in [-0.15, -0.1) is 0 Å². The van der Waals surface area contributed by atoms with Crippen molar-refractivity contribution < 1.29 is 27.2 Å². The summed E-state index contributed by atoms with van der Waals surface area (Å²) in [5.41, 5.74) is -0.568. The molecule has 4 aromatic rings. The molecule has 0 bridgehead atoms. The lowest BCUT2D eigenvalue weighted by atomic mass is 10.1. The van der Waals surface area contributed by atoms with Gasteiger partial charge in [-0.3, -0.25) is 9.20 Å². The van der Waals surface area contributed by atoms with Crippen molar-refractivity contribution in [3.05, 3.63) is 77.6 Å². The van der Waals surface area contributed by atoms with Gasteiger partial charge in [-0.2, -0.15) is 13.2 Å². The number of urea groups is 1. The van der Waals surface area contributed by atoms with E-state index in [1.54, 1.807) is 24.3 Å². The third-order valence-corrected chi connectivity index (χ3v) is 5.92. The smallest absolute Gasteiger partial charge is 0.420 e. The standard InChI is InChI=1S/C23H17ClF3N5O3/c24-19-18(21(33)31-10-16(11-31)29-22(34)28-15-4-2-1-3-5-15)30-20-17(23(25,26)27)8-14(9-32(19)20)13-6-7-35-12-13/h1-9,12,16H,10-11H2,(H2,28,29,34). The Morgan fingerprint density at radius 1 is 1.11 bits per heavy atom. The maximum atomic E-state index is 13.8. The molecule has 35 heavy (non-hydrogen) atoms. The molecule has 12 heteroatoms. The van der Waals surface area contributed by atoms with Crippen LogP contribution in [0.4, 0.5) is 23.7 Å². The summed E-state index contributed by atoms with van der Waals surface area (Å²) < 4.78 is 47.4. The van der Waals surface area contributed by atoms with Gasteiger partial charge in [-0.05, 0) is 24.3 Å². The van der Waals surface area contributed by atoms with Gasteiger partial charge in [0.05, 0.1) is 24.1 Å².